The van der Waals surface area contributed by atoms with Gasteiger partial charge in [-0.25, -0.2) is 10.4 Å². The van der Waals surface area contributed by atoms with Gasteiger partial charge in [-0.1, -0.05) is 47.6 Å². The average molecular weight is 934 g/mol. The van der Waals surface area contributed by atoms with Crippen LogP contribution in [0.5, 0.6) is 0 Å². The number of nitrogens with zero attached hydrogens (tertiary/aromatic N) is 6. The minimum atomic E-state index is -1.06. The van der Waals surface area contributed by atoms with Gasteiger partial charge in [-0.15, -0.1) is 11.3 Å². The summed E-state index contributed by atoms with van der Waals surface area (Å²) in [5, 5.41) is 11.6. The summed E-state index contributed by atoms with van der Waals surface area (Å²) in [6.07, 6.45) is 6.45. The van der Waals surface area contributed by atoms with E-state index in [1.807, 2.05) is 31.5 Å². The lowest BCUT2D eigenvalue weighted by molar-refractivity contribution is -0.155. The first-order chi connectivity index (χ1) is 32.0. The molecular formula is C51H67N9O6S. The molecule has 3 saturated heterocycles. The van der Waals surface area contributed by atoms with Crippen molar-refractivity contribution < 1.29 is 28.7 Å². The molecule has 4 fully saturated rings. The van der Waals surface area contributed by atoms with Crippen molar-refractivity contribution in [2.24, 2.45) is 23.2 Å². The first-order valence-corrected chi connectivity index (χ1v) is 25.3. The van der Waals surface area contributed by atoms with Crippen molar-refractivity contribution in [2.75, 3.05) is 33.3 Å². The predicted molar refractivity (Wildman–Crippen MR) is 258 cm³/mol. The maximum atomic E-state index is 14.7. The van der Waals surface area contributed by atoms with Gasteiger partial charge in [0.15, 0.2) is 0 Å². The Morgan fingerprint density at radius 1 is 1.06 bits per heavy atom. The fourth-order valence-electron chi connectivity index (χ4n) is 10.8. The van der Waals surface area contributed by atoms with E-state index in [0.29, 0.717) is 56.2 Å². The Bertz CT molecular complexity index is 2560. The highest BCUT2D eigenvalue weighted by Crippen LogP contribution is 2.43. The van der Waals surface area contributed by atoms with E-state index < -0.39 is 47.2 Å². The Morgan fingerprint density at radius 2 is 1.85 bits per heavy atom. The van der Waals surface area contributed by atoms with Crippen LogP contribution in [0.15, 0.2) is 41.9 Å². The third-order valence-electron chi connectivity index (χ3n) is 14.5. The predicted octanol–water partition coefficient (Wildman–Crippen LogP) is 5.70. The number of likely N-dealkylation sites (tertiary alicyclic amines) is 1. The fraction of sp³-hybridized carbons (Fsp3) is 0.588. The Balaban J connectivity index is 1.02. The van der Waals surface area contributed by atoms with Crippen LogP contribution in [0.25, 0.3) is 33.4 Å². The van der Waals surface area contributed by atoms with Gasteiger partial charge in [-0.3, -0.25) is 39.3 Å². The number of fused-ring (bicyclic) bond motifs is 6. The van der Waals surface area contributed by atoms with Gasteiger partial charge in [0.25, 0.3) is 5.91 Å². The molecule has 0 unspecified atom stereocenters. The van der Waals surface area contributed by atoms with Crippen LogP contribution in [0.4, 0.5) is 0 Å². The molecule has 6 atom stereocenters. The van der Waals surface area contributed by atoms with E-state index in [4.69, 9.17) is 14.7 Å². The lowest BCUT2D eigenvalue weighted by atomic mass is 9.84. The molecule has 4 aliphatic heterocycles. The number of esters is 1. The number of hydrogen-bond donors (Lipinski definition) is 3. The molecule has 7 heterocycles. The Kier molecular flexibility index (Phi) is 13.1. The summed E-state index contributed by atoms with van der Waals surface area (Å²) in [5.74, 6) is -1.38. The number of benzene rings is 1. The quantitative estimate of drug-likeness (QED) is 0.132. The van der Waals surface area contributed by atoms with E-state index in [1.165, 1.54) is 21.2 Å². The number of nitrogens with one attached hydrogen (secondary N) is 3. The molecule has 1 aliphatic carbocycles. The minimum Gasteiger partial charge on any atom is -0.464 e. The summed E-state index contributed by atoms with van der Waals surface area (Å²) >= 11 is 1.43. The second-order valence-corrected chi connectivity index (χ2v) is 21.9. The number of aryl methyl sites for hydroxylation is 1. The number of cyclic esters (lactones) is 1. The number of thiazole rings is 1. The van der Waals surface area contributed by atoms with Crippen molar-refractivity contribution in [3.05, 3.63) is 58.2 Å². The Hall–Kier alpha value is -5.19. The lowest BCUT2D eigenvalue weighted by Crippen LogP contribution is -2.62. The average Bonchev–Trinajstić information content (AvgIpc) is 4.18. The van der Waals surface area contributed by atoms with Crippen LogP contribution in [-0.2, 0) is 48.1 Å². The summed E-state index contributed by atoms with van der Waals surface area (Å²) < 4.78 is 8.49. The van der Waals surface area contributed by atoms with E-state index in [1.54, 1.807) is 11.9 Å². The van der Waals surface area contributed by atoms with Crippen molar-refractivity contribution >= 4 is 51.8 Å². The molecule has 4 amide bonds. The van der Waals surface area contributed by atoms with Gasteiger partial charge in [0, 0.05) is 84.7 Å². The van der Waals surface area contributed by atoms with Crippen molar-refractivity contribution in [2.45, 2.75) is 136 Å². The molecule has 358 valence electrons. The van der Waals surface area contributed by atoms with Crippen LogP contribution >= 0.6 is 11.3 Å². The summed E-state index contributed by atoms with van der Waals surface area (Å²) in [7, 11) is 1.64. The molecular weight excluding hydrogens is 867 g/mol. The minimum absolute atomic E-state index is 0.0599. The molecule has 16 heteroatoms. The van der Waals surface area contributed by atoms with Crippen molar-refractivity contribution in [1.82, 2.24) is 45.4 Å². The summed E-state index contributed by atoms with van der Waals surface area (Å²) in [6.45, 7) is 16.5. The molecule has 5 aliphatic rings. The zero-order valence-electron chi connectivity index (χ0n) is 40.3. The molecule has 3 N–H and O–H groups in total. The van der Waals surface area contributed by atoms with E-state index in [9.17, 15) is 24.0 Å². The van der Waals surface area contributed by atoms with Gasteiger partial charge < -0.3 is 24.4 Å². The molecule has 0 radical (unpaired) electrons. The number of ether oxygens (including phenoxy) is 1. The Labute approximate surface area is 397 Å². The monoisotopic (exact) mass is 933 g/mol. The summed E-state index contributed by atoms with van der Waals surface area (Å²) in [6, 6.07) is 7.99. The van der Waals surface area contributed by atoms with Crippen molar-refractivity contribution in [3.8, 4) is 22.5 Å². The van der Waals surface area contributed by atoms with Crippen molar-refractivity contribution in [3.63, 3.8) is 0 Å². The number of carbonyl (C=O) groups is 5. The van der Waals surface area contributed by atoms with Crippen LogP contribution in [0, 0.1) is 23.2 Å². The molecule has 0 spiro atoms. The molecule has 9 rings (SSSR count). The van der Waals surface area contributed by atoms with Gasteiger partial charge in [-0.2, -0.15) is 0 Å². The molecule has 67 heavy (non-hydrogen) atoms. The molecule has 1 saturated carbocycles. The number of amides is 4. The van der Waals surface area contributed by atoms with Crippen LogP contribution in [0.3, 0.4) is 0 Å². The van der Waals surface area contributed by atoms with Crippen LogP contribution in [0.2, 0.25) is 0 Å². The summed E-state index contributed by atoms with van der Waals surface area (Å²) in [5.41, 5.74) is 9.84. The highest BCUT2D eigenvalue weighted by atomic mass is 32.1. The van der Waals surface area contributed by atoms with Gasteiger partial charge in [0.05, 0.1) is 34.6 Å². The third-order valence-corrected chi connectivity index (χ3v) is 15.4. The number of likely N-dealkylation sites (N-methyl/N-ethyl adjacent to an activating group) is 1. The number of rotatable bonds is 10. The molecule has 1 aromatic carbocycles. The number of aromatic nitrogens is 3. The second-order valence-electron chi connectivity index (χ2n) is 21.0. The topological polar surface area (TPSA) is 181 Å². The molecule has 4 aromatic rings. The van der Waals surface area contributed by atoms with Gasteiger partial charge in [0.2, 0.25) is 17.7 Å². The van der Waals surface area contributed by atoms with Crippen LogP contribution in [-0.4, -0.2) is 122 Å². The van der Waals surface area contributed by atoms with Crippen molar-refractivity contribution in [1.29, 1.82) is 0 Å². The van der Waals surface area contributed by atoms with Gasteiger partial charge in [0.1, 0.15) is 24.2 Å². The molecule has 15 nitrogen and oxygen atoms in total. The largest absolute Gasteiger partial charge is 0.464 e. The van der Waals surface area contributed by atoms with E-state index in [-0.39, 0.29) is 48.8 Å². The number of hydrogen-bond acceptors (Lipinski definition) is 11. The first kappa shape index (κ1) is 46.9. The fourth-order valence-corrected chi connectivity index (χ4v) is 11.6. The third kappa shape index (κ3) is 9.50. The van der Waals surface area contributed by atoms with Crippen LogP contribution in [0.1, 0.15) is 103 Å². The standard InChI is InChI=1S/C51H67N9O6S/c1-9-59-39-17-16-31-22-34(39)35(45(59)33-12-10-19-52-41(33)28(2)3)24-51(6,7)27-66-50(65)36-13-11-20-60(56-36)48(63)37(23-40-53-38(31)26-67-40)54-46(61)44(29(4)5)57(8)47(62)32-18-21-58(25-32)49(64)43-42(55-43)30-14-15-30/h10,12,16-17,19,22,26,28-30,32,36-37,42-44,55-56H,9,11,13-15,18,20-21,23-25,27H2,1-8H3,(H,54,61)/t32-,36+,37+,42-,43-,44+/m1/s1. The van der Waals surface area contributed by atoms with Gasteiger partial charge >= 0.3 is 5.97 Å². The van der Waals surface area contributed by atoms with E-state index in [0.717, 1.165) is 64.1 Å². The summed E-state index contributed by atoms with van der Waals surface area (Å²) in [4.78, 5) is 83.8. The maximum Gasteiger partial charge on any atom is 0.324 e. The smallest absolute Gasteiger partial charge is 0.324 e. The lowest BCUT2D eigenvalue weighted by Gasteiger charge is -2.36. The van der Waals surface area contributed by atoms with Crippen LogP contribution < -0.4 is 16.1 Å². The van der Waals surface area contributed by atoms with E-state index >= 15 is 0 Å². The normalized spacial score (nSPS) is 24.7. The second kappa shape index (κ2) is 18.7. The molecule has 3 aromatic heterocycles. The highest BCUT2D eigenvalue weighted by Gasteiger charge is 2.53. The zero-order valence-corrected chi connectivity index (χ0v) is 41.1. The highest BCUT2D eigenvalue weighted by molar-refractivity contribution is 7.10. The Morgan fingerprint density at radius 3 is 2.58 bits per heavy atom. The number of carbonyl (C=O) groups excluding carboxylic acids is 5. The van der Waals surface area contributed by atoms with E-state index in [2.05, 4.69) is 79.5 Å². The number of hydrazine groups is 1. The SMILES string of the molecule is CCn1c(-c2cccnc2C(C)C)c2c3cc(ccc31)-c1csc(n1)C[C@H](NC(=O)[C@H](C(C)C)N(C)C(=O)[C@@H]1CCN(C(=O)[C@@H]3N[C@@H]3C3CC3)C1)C(=O)N1CCC[C@H](N1)C(=O)OCC(C)(C)C2. The van der Waals surface area contributed by atoms with Gasteiger partial charge in [-0.05, 0) is 93.0 Å². The molecule has 6 bridgehead atoms. The number of pyridine rings is 1. The first-order valence-electron chi connectivity index (χ1n) is 24.4. The maximum absolute atomic E-state index is 14.7. The zero-order chi connectivity index (χ0) is 47.5.